The van der Waals surface area contributed by atoms with Crippen molar-refractivity contribution in [2.75, 3.05) is 6.61 Å². The van der Waals surface area contributed by atoms with Gasteiger partial charge in [-0.3, -0.25) is 4.79 Å². The molecule has 128 valence electrons. The molecule has 1 heterocycles. The molecule has 0 aliphatic rings. The molecular formula is C18H21ClN2O2S. The van der Waals surface area contributed by atoms with Crippen LogP contribution in [0.15, 0.2) is 41.5 Å². The zero-order valence-corrected chi connectivity index (χ0v) is 15.8. The average Bonchev–Trinajstić information content (AvgIpc) is 2.96. The van der Waals surface area contributed by atoms with Crippen LogP contribution in [0.3, 0.4) is 0 Å². The summed E-state index contributed by atoms with van der Waals surface area (Å²) in [4.78, 5) is 12.7. The molecule has 4 nitrogen and oxygen atoms in total. The number of benzene rings is 1. The third kappa shape index (κ3) is 5.35. The number of ether oxygens (including phenoxy) is 1. The standard InChI is InChI=1S/C18H21ClN2O2S/c1-12(15-9-10-16(19)24-15)20-21-17(22)11-23-14-7-5-13(6-8-14)18(2,3)4/h5-10H,11H2,1-4H3,(H,21,22). The van der Waals surface area contributed by atoms with Crippen LogP contribution in [0, 0.1) is 0 Å². The molecule has 0 saturated heterocycles. The number of hydrogen-bond donors (Lipinski definition) is 1. The van der Waals surface area contributed by atoms with Crippen molar-refractivity contribution in [3.05, 3.63) is 51.2 Å². The van der Waals surface area contributed by atoms with E-state index in [1.165, 1.54) is 16.9 Å². The number of carbonyl (C=O) groups is 1. The Kier molecular flexibility index (Phi) is 6.02. The molecule has 1 aromatic heterocycles. The lowest BCUT2D eigenvalue weighted by Crippen LogP contribution is -2.25. The summed E-state index contributed by atoms with van der Waals surface area (Å²) >= 11 is 7.29. The molecule has 0 radical (unpaired) electrons. The molecule has 6 heteroatoms. The van der Waals surface area contributed by atoms with E-state index in [0.29, 0.717) is 15.8 Å². The fourth-order valence-electron chi connectivity index (χ4n) is 1.94. The number of halogens is 1. The molecule has 1 amide bonds. The molecule has 0 fully saturated rings. The van der Waals surface area contributed by atoms with Gasteiger partial charge >= 0.3 is 0 Å². The van der Waals surface area contributed by atoms with Crippen molar-refractivity contribution in [1.82, 2.24) is 5.43 Å². The Balaban J connectivity index is 1.85. The van der Waals surface area contributed by atoms with E-state index in [1.54, 1.807) is 6.07 Å². The fraction of sp³-hybridized carbons (Fsp3) is 0.333. The second kappa shape index (κ2) is 7.81. The van der Waals surface area contributed by atoms with Crippen molar-refractivity contribution in [1.29, 1.82) is 0 Å². The Morgan fingerprint density at radius 2 is 1.88 bits per heavy atom. The zero-order valence-electron chi connectivity index (χ0n) is 14.2. The topological polar surface area (TPSA) is 50.7 Å². The lowest BCUT2D eigenvalue weighted by Gasteiger charge is -2.19. The predicted molar refractivity (Wildman–Crippen MR) is 100 cm³/mol. The SMILES string of the molecule is CC(=NNC(=O)COc1ccc(C(C)(C)C)cc1)c1ccc(Cl)s1. The maximum Gasteiger partial charge on any atom is 0.277 e. The van der Waals surface area contributed by atoms with Crippen molar-refractivity contribution in [2.45, 2.75) is 33.1 Å². The second-order valence-electron chi connectivity index (χ2n) is 6.40. The normalized spacial score (nSPS) is 12.1. The van der Waals surface area contributed by atoms with Crippen molar-refractivity contribution >= 4 is 34.6 Å². The quantitative estimate of drug-likeness (QED) is 0.621. The van der Waals surface area contributed by atoms with Gasteiger partial charge in [0.05, 0.1) is 14.9 Å². The summed E-state index contributed by atoms with van der Waals surface area (Å²) in [6.45, 7) is 8.18. The zero-order chi connectivity index (χ0) is 17.7. The van der Waals surface area contributed by atoms with E-state index in [1.807, 2.05) is 37.3 Å². The smallest absolute Gasteiger partial charge is 0.277 e. The Morgan fingerprint density at radius 1 is 1.21 bits per heavy atom. The second-order valence-corrected chi connectivity index (χ2v) is 8.11. The van der Waals surface area contributed by atoms with Crippen molar-refractivity contribution in [2.24, 2.45) is 5.10 Å². The van der Waals surface area contributed by atoms with Crippen LogP contribution in [-0.4, -0.2) is 18.2 Å². The van der Waals surface area contributed by atoms with Crippen LogP contribution < -0.4 is 10.2 Å². The van der Waals surface area contributed by atoms with Crippen LogP contribution in [0.4, 0.5) is 0 Å². The summed E-state index contributed by atoms with van der Waals surface area (Å²) in [5.41, 5.74) is 4.49. The summed E-state index contributed by atoms with van der Waals surface area (Å²) in [7, 11) is 0. The van der Waals surface area contributed by atoms with Crippen LogP contribution in [0.1, 0.15) is 38.1 Å². The molecule has 0 aliphatic carbocycles. The van der Waals surface area contributed by atoms with E-state index in [-0.39, 0.29) is 17.9 Å². The molecule has 24 heavy (non-hydrogen) atoms. The highest BCUT2D eigenvalue weighted by molar-refractivity contribution is 7.18. The highest BCUT2D eigenvalue weighted by Gasteiger charge is 2.13. The fourth-order valence-corrected chi connectivity index (χ4v) is 2.93. The van der Waals surface area contributed by atoms with Gasteiger partial charge in [0.2, 0.25) is 0 Å². The molecule has 0 atom stereocenters. The van der Waals surface area contributed by atoms with Crippen LogP contribution in [0.25, 0.3) is 0 Å². The van der Waals surface area contributed by atoms with Crippen LogP contribution in [0.2, 0.25) is 4.34 Å². The van der Waals surface area contributed by atoms with Crippen molar-refractivity contribution in [3.63, 3.8) is 0 Å². The Morgan fingerprint density at radius 3 is 2.42 bits per heavy atom. The highest BCUT2D eigenvalue weighted by atomic mass is 35.5. The number of carbonyl (C=O) groups excluding carboxylic acids is 1. The number of amides is 1. The van der Waals surface area contributed by atoms with E-state index in [0.717, 1.165) is 4.88 Å². The number of nitrogens with zero attached hydrogens (tertiary/aromatic N) is 1. The minimum atomic E-state index is -0.308. The van der Waals surface area contributed by atoms with E-state index in [9.17, 15) is 4.79 Å². The van der Waals surface area contributed by atoms with Gasteiger partial charge in [-0.1, -0.05) is 44.5 Å². The van der Waals surface area contributed by atoms with Gasteiger partial charge in [0, 0.05) is 0 Å². The van der Waals surface area contributed by atoms with Gasteiger partial charge in [-0.15, -0.1) is 11.3 Å². The van der Waals surface area contributed by atoms with Crippen LogP contribution in [0.5, 0.6) is 5.75 Å². The van der Waals surface area contributed by atoms with Gasteiger partial charge in [-0.25, -0.2) is 5.43 Å². The number of thiophene rings is 1. The molecular weight excluding hydrogens is 344 g/mol. The molecule has 0 unspecified atom stereocenters. The Hall–Kier alpha value is -1.85. The maximum absolute atomic E-state index is 11.8. The summed E-state index contributed by atoms with van der Waals surface area (Å²) in [6, 6.07) is 11.4. The largest absolute Gasteiger partial charge is 0.484 e. The molecule has 1 aromatic carbocycles. The van der Waals surface area contributed by atoms with Crippen LogP contribution in [-0.2, 0) is 10.2 Å². The first-order chi connectivity index (χ1) is 11.3. The van der Waals surface area contributed by atoms with E-state index >= 15 is 0 Å². The van der Waals surface area contributed by atoms with Gasteiger partial charge < -0.3 is 4.74 Å². The first-order valence-electron chi connectivity index (χ1n) is 7.58. The summed E-state index contributed by atoms with van der Waals surface area (Å²) in [5, 5.41) is 4.06. The predicted octanol–water partition coefficient (Wildman–Crippen LogP) is 4.62. The van der Waals surface area contributed by atoms with Gasteiger partial charge in [0.1, 0.15) is 5.75 Å². The van der Waals surface area contributed by atoms with E-state index in [2.05, 4.69) is 31.3 Å². The third-order valence-electron chi connectivity index (χ3n) is 3.37. The summed E-state index contributed by atoms with van der Waals surface area (Å²) in [5.74, 6) is 0.348. The molecule has 2 rings (SSSR count). The third-order valence-corrected chi connectivity index (χ3v) is 4.71. The molecule has 0 spiro atoms. The maximum atomic E-state index is 11.8. The Labute approximate surface area is 151 Å². The monoisotopic (exact) mass is 364 g/mol. The Bertz CT molecular complexity index is 730. The highest BCUT2D eigenvalue weighted by Crippen LogP contribution is 2.24. The number of hydrogen-bond acceptors (Lipinski definition) is 4. The molecule has 0 saturated carbocycles. The van der Waals surface area contributed by atoms with Crippen molar-refractivity contribution in [3.8, 4) is 5.75 Å². The molecule has 0 bridgehead atoms. The average molecular weight is 365 g/mol. The first kappa shape index (κ1) is 18.5. The van der Waals surface area contributed by atoms with E-state index < -0.39 is 0 Å². The van der Waals surface area contributed by atoms with E-state index in [4.69, 9.17) is 16.3 Å². The van der Waals surface area contributed by atoms with Gasteiger partial charge in [-0.05, 0) is 42.2 Å². The van der Waals surface area contributed by atoms with Crippen LogP contribution >= 0.6 is 22.9 Å². The van der Waals surface area contributed by atoms with Crippen molar-refractivity contribution < 1.29 is 9.53 Å². The molecule has 1 N–H and O–H groups in total. The minimum Gasteiger partial charge on any atom is -0.484 e. The number of nitrogens with one attached hydrogen (secondary N) is 1. The lowest BCUT2D eigenvalue weighted by atomic mass is 9.87. The minimum absolute atomic E-state index is 0.0865. The number of hydrazone groups is 1. The summed E-state index contributed by atoms with van der Waals surface area (Å²) < 4.78 is 6.17. The lowest BCUT2D eigenvalue weighted by molar-refractivity contribution is -0.123. The molecule has 0 aliphatic heterocycles. The van der Waals surface area contributed by atoms with Gasteiger partial charge in [-0.2, -0.15) is 5.10 Å². The molecule has 2 aromatic rings. The number of rotatable bonds is 5. The van der Waals surface area contributed by atoms with Gasteiger partial charge in [0.15, 0.2) is 6.61 Å². The first-order valence-corrected chi connectivity index (χ1v) is 8.77. The van der Waals surface area contributed by atoms with Gasteiger partial charge in [0.25, 0.3) is 5.91 Å². The summed E-state index contributed by atoms with van der Waals surface area (Å²) in [6.07, 6.45) is 0.